The Kier molecular flexibility index (Phi) is 4.71. The molecule has 1 aromatic heterocycles. The molecule has 0 fully saturated rings. The van der Waals surface area contributed by atoms with Gasteiger partial charge < -0.3 is 9.47 Å². The molecule has 1 aromatic rings. The van der Waals surface area contributed by atoms with Crippen molar-refractivity contribution in [2.75, 3.05) is 7.11 Å². The molecule has 1 rings (SSSR count). The van der Waals surface area contributed by atoms with Crippen LogP contribution < -0.4 is 4.74 Å². The average Bonchev–Trinajstić information content (AvgIpc) is 2.27. The molecule has 100 valence electrons. The van der Waals surface area contributed by atoms with Crippen LogP contribution in [0.1, 0.15) is 15.9 Å². The molecule has 0 spiro atoms. The van der Waals surface area contributed by atoms with Gasteiger partial charge in [-0.25, -0.2) is 14.2 Å². The smallest absolute Gasteiger partial charge is 0.465 e. The quantitative estimate of drug-likeness (QED) is 0.351. The molecule has 0 saturated carbocycles. The van der Waals surface area contributed by atoms with Crippen LogP contribution in [-0.2, 0) is 11.4 Å². The molecular weight excluding hydrogens is 373 g/mol. The number of ether oxygens (including phenoxy) is 2. The van der Waals surface area contributed by atoms with Crippen LogP contribution in [0.4, 0.5) is 17.6 Å². The standard InChI is InChI=1S/C9H6F4INO3/c1-17-8(16)5-6(18-9(11,12)13)4(2-10)3-15-7(5)14/h3H,2H2,1H3. The van der Waals surface area contributed by atoms with Gasteiger partial charge in [0.2, 0.25) is 0 Å². The first-order valence-electron chi connectivity index (χ1n) is 4.37. The van der Waals surface area contributed by atoms with Crippen LogP contribution in [0.5, 0.6) is 5.75 Å². The number of pyridine rings is 1. The molecule has 0 aliphatic heterocycles. The van der Waals surface area contributed by atoms with Crippen molar-refractivity contribution in [3.05, 3.63) is 21.0 Å². The van der Waals surface area contributed by atoms with E-state index < -0.39 is 35.9 Å². The van der Waals surface area contributed by atoms with Crippen LogP contribution in [-0.4, -0.2) is 24.4 Å². The minimum Gasteiger partial charge on any atom is -0.465 e. The van der Waals surface area contributed by atoms with Gasteiger partial charge in [-0.1, -0.05) is 0 Å². The van der Waals surface area contributed by atoms with Gasteiger partial charge in [0.15, 0.2) is 5.75 Å². The predicted octanol–water partition coefficient (Wildman–Crippen LogP) is 2.84. The molecule has 0 bridgehead atoms. The maximum Gasteiger partial charge on any atom is 0.573 e. The summed E-state index contributed by atoms with van der Waals surface area (Å²) in [6.45, 7) is -1.25. The lowest BCUT2D eigenvalue weighted by atomic mass is 10.2. The Labute approximate surface area is 112 Å². The highest BCUT2D eigenvalue weighted by molar-refractivity contribution is 14.1. The summed E-state index contributed by atoms with van der Waals surface area (Å²) in [5.41, 5.74) is -1.03. The van der Waals surface area contributed by atoms with Crippen molar-refractivity contribution in [1.29, 1.82) is 0 Å². The minimum absolute atomic E-state index is 0.0732. The van der Waals surface area contributed by atoms with Crippen molar-refractivity contribution in [2.24, 2.45) is 0 Å². The minimum atomic E-state index is -5.04. The number of methoxy groups -OCH3 is 1. The molecule has 0 unspecified atom stereocenters. The molecule has 18 heavy (non-hydrogen) atoms. The second kappa shape index (κ2) is 5.67. The van der Waals surface area contributed by atoms with Crippen molar-refractivity contribution in [3.63, 3.8) is 0 Å². The Bertz CT molecular complexity index is 464. The fraction of sp³-hybridized carbons (Fsp3) is 0.333. The number of aromatic nitrogens is 1. The van der Waals surface area contributed by atoms with Gasteiger partial charge in [-0.15, -0.1) is 13.2 Å². The van der Waals surface area contributed by atoms with E-state index in [0.717, 1.165) is 13.3 Å². The summed E-state index contributed by atoms with van der Waals surface area (Å²) in [6.07, 6.45) is -4.17. The number of carbonyl (C=O) groups is 1. The van der Waals surface area contributed by atoms with E-state index in [9.17, 15) is 22.4 Å². The summed E-state index contributed by atoms with van der Waals surface area (Å²) in [5, 5.41) is 0. The van der Waals surface area contributed by atoms with Gasteiger partial charge in [-0.2, -0.15) is 0 Å². The first-order valence-corrected chi connectivity index (χ1v) is 5.45. The lowest BCUT2D eigenvalue weighted by molar-refractivity contribution is -0.275. The van der Waals surface area contributed by atoms with Crippen molar-refractivity contribution >= 4 is 28.6 Å². The van der Waals surface area contributed by atoms with Crippen LogP contribution in [0.15, 0.2) is 6.20 Å². The van der Waals surface area contributed by atoms with Gasteiger partial charge in [0.25, 0.3) is 0 Å². The van der Waals surface area contributed by atoms with Crippen molar-refractivity contribution < 1.29 is 31.8 Å². The zero-order chi connectivity index (χ0) is 13.9. The predicted molar refractivity (Wildman–Crippen MR) is 59.8 cm³/mol. The summed E-state index contributed by atoms with van der Waals surface area (Å²) in [7, 11) is 0.984. The van der Waals surface area contributed by atoms with E-state index in [1.54, 1.807) is 0 Å². The van der Waals surface area contributed by atoms with E-state index in [1.807, 2.05) is 0 Å². The van der Waals surface area contributed by atoms with Crippen LogP contribution in [0.25, 0.3) is 0 Å². The number of hydrogen-bond acceptors (Lipinski definition) is 4. The molecule has 0 saturated heterocycles. The fourth-order valence-corrected chi connectivity index (χ4v) is 1.72. The zero-order valence-electron chi connectivity index (χ0n) is 8.85. The van der Waals surface area contributed by atoms with Gasteiger partial charge in [-0.3, -0.25) is 0 Å². The topological polar surface area (TPSA) is 48.4 Å². The number of esters is 1. The van der Waals surface area contributed by atoms with Crippen LogP contribution in [0, 0.1) is 3.70 Å². The Morgan fingerprint density at radius 1 is 1.50 bits per heavy atom. The van der Waals surface area contributed by atoms with E-state index >= 15 is 0 Å². The molecule has 0 aliphatic rings. The number of nitrogens with zero attached hydrogens (tertiary/aromatic N) is 1. The first kappa shape index (κ1) is 14.9. The summed E-state index contributed by atoms with van der Waals surface area (Å²) in [4.78, 5) is 15.0. The summed E-state index contributed by atoms with van der Waals surface area (Å²) >= 11 is 1.53. The molecule has 0 aliphatic carbocycles. The Hall–Kier alpha value is -1.13. The third-order valence-electron chi connectivity index (χ3n) is 1.81. The first-order chi connectivity index (χ1) is 8.30. The lowest BCUT2D eigenvalue weighted by Gasteiger charge is -2.15. The average molecular weight is 379 g/mol. The summed E-state index contributed by atoms with van der Waals surface area (Å²) in [5.74, 6) is -2.00. The lowest BCUT2D eigenvalue weighted by Crippen LogP contribution is -2.21. The van der Waals surface area contributed by atoms with Crippen molar-refractivity contribution in [3.8, 4) is 5.75 Å². The van der Waals surface area contributed by atoms with E-state index in [0.29, 0.717) is 0 Å². The Morgan fingerprint density at radius 3 is 2.56 bits per heavy atom. The molecule has 0 amide bonds. The zero-order valence-corrected chi connectivity index (χ0v) is 11.0. The highest BCUT2D eigenvalue weighted by atomic mass is 127. The molecule has 0 atom stereocenters. The van der Waals surface area contributed by atoms with E-state index in [4.69, 9.17) is 0 Å². The van der Waals surface area contributed by atoms with Crippen molar-refractivity contribution in [2.45, 2.75) is 13.0 Å². The van der Waals surface area contributed by atoms with E-state index in [2.05, 4.69) is 14.5 Å². The largest absolute Gasteiger partial charge is 0.573 e. The molecule has 4 nitrogen and oxygen atoms in total. The van der Waals surface area contributed by atoms with Gasteiger partial charge in [0.05, 0.1) is 7.11 Å². The molecule has 0 N–H and O–H groups in total. The molecule has 0 aromatic carbocycles. The second-order valence-electron chi connectivity index (χ2n) is 2.95. The monoisotopic (exact) mass is 379 g/mol. The highest BCUT2D eigenvalue weighted by Crippen LogP contribution is 2.33. The fourth-order valence-electron chi connectivity index (χ4n) is 1.12. The van der Waals surface area contributed by atoms with Crippen LogP contribution >= 0.6 is 22.6 Å². The highest BCUT2D eigenvalue weighted by Gasteiger charge is 2.35. The van der Waals surface area contributed by atoms with Gasteiger partial charge in [0.1, 0.15) is 15.9 Å². The molecule has 0 radical (unpaired) electrons. The third kappa shape index (κ3) is 3.43. The number of halogens is 5. The van der Waals surface area contributed by atoms with Gasteiger partial charge in [-0.05, 0) is 22.6 Å². The van der Waals surface area contributed by atoms with Crippen LogP contribution in [0.2, 0.25) is 0 Å². The summed E-state index contributed by atoms with van der Waals surface area (Å²) in [6, 6.07) is 0. The molecule has 1 heterocycles. The van der Waals surface area contributed by atoms with Crippen LogP contribution in [0.3, 0.4) is 0 Å². The molecular formula is C9H6F4INO3. The number of alkyl halides is 4. The van der Waals surface area contributed by atoms with Gasteiger partial charge in [0, 0.05) is 11.8 Å². The maximum atomic E-state index is 12.6. The molecule has 9 heteroatoms. The SMILES string of the molecule is COC(=O)c1c(I)ncc(CF)c1OC(F)(F)F. The third-order valence-corrected chi connectivity index (χ3v) is 2.63. The van der Waals surface area contributed by atoms with E-state index in [-0.39, 0.29) is 3.70 Å². The Balaban J connectivity index is 3.41. The van der Waals surface area contributed by atoms with E-state index in [1.165, 1.54) is 22.6 Å². The summed E-state index contributed by atoms with van der Waals surface area (Å²) < 4.78 is 57.2. The normalized spacial score (nSPS) is 11.2. The van der Waals surface area contributed by atoms with Crippen molar-refractivity contribution in [1.82, 2.24) is 4.98 Å². The number of carbonyl (C=O) groups excluding carboxylic acids is 1. The maximum absolute atomic E-state index is 12.6. The second-order valence-corrected chi connectivity index (χ2v) is 3.97. The number of rotatable bonds is 3. The number of hydrogen-bond donors (Lipinski definition) is 0. The Morgan fingerprint density at radius 2 is 2.11 bits per heavy atom. The van der Waals surface area contributed by atoms with Gasteiger partial charge >= 0.3 is 12.3 Å².